The maximum atomic E-state index is 14.1. The van der Waals surface area contributed by atoms with Crippen LogP contribution in [-0.4, -0.2) is 105 Å². The molecule has 0 aromatic carbocycles. The van der Waals surface area contributed by atoms with Crippen molar-refractivity contribution in [2.24, 2.45) is 23.5 Å². The van der Waals surface area contributed by atoms with Crippen molar-refractivity contribution in [1.29, 1.82) is 0 Å². The van der Waals surface area contributed by atoms with Gasteiger partial charge in [0, 0.05) is 26.7 Å². The molecule has 5 amide bonds. The Bertz CT molecular complexity index is 1040. The summed E-state index contributed by atoms with van der Waals surface area (Å²) in [5.41, 5.74) is 5.95. The van der Waals surface area contributed by atoms with E-state index in [1.54, 1.807) is 14.0 Å². The van der Waals surface area contributed by atoms with Crippen LogP contribution in [0.2, 0.25) is 0 Å². The Labute approximate surface area is 287 Å². The lowest BCUT2D eigenvalue weighted by Crippen LogP contribution is -2.62. The molecule has 7 atom stereocenters. The van der Waals surface area contributed by atoms with Crippen molar-refractivity contribution in [3.63, 3.8) is 0 Å². The Morgan fingerprint density at radius 3 is 2.12 bits per heavy atom. The molecule has 1 saturated carbocycles. The van der Waals surface area contributed by atoms with Crippen LogP contribution in [-0.2, 0) is 33.4 Å². The maximum absolute atomic E-state index is 14.1. The summed E-state index contributed by atoms with van der Waals surface area (Å²) in [5.74, 6) is -2.89. The standard InChI is InChI=1S/C35H64N6O7/c1-8-9-10-14-17-29-24(5)35(46)41(6)28(18-22(2)3)33(44)40-30(25-15-12-11-13-16-25)34(45)38-26(19-36)31(42)39-27(21-47-7)32(43)37-23(4)20-48-29/h22-30H,8-21,36H2,1-7H3,(H,37,43)(H,38,45)(H,39,42)(H,40,44)/t23-,24-,26+,27+,28+,29-,30+/m1/s1. The number of nitrogens with two attached hydrogens (primary N) is 1. The zero-order valence-electron chi connectivity index (χ0n) is 30.5. The maximum Gasteiger partial charge on any atom is 0.245 e. The molecule has 13 nitrogen and oxygen atoms in total. The molecule has 2 rings (SSSR count). The largest absolute Gasteiger partial charge is 0.382 e. The van der Waals surface area contributed by atoms with Gasteiger partial charge in [-0.05, 0) is 44.4 Å². The van der Waals surface area contributed by atoms with Crippen molar-refractivity contribution in [2.75, 3.05) is 33.9 Å². The van der Waals surface area contributed by atoms with Gasteiger partial charge in [0.25, 0.3) is 0 Å². The molecule has 0 spiro atoms. The lowest BCUT2D eigenvalue weighted by atomic mass is 9.83. The Hall–Kier alpha value is -2.77. The number of rotatable bonds is 11. The Balaban J connectivity index is 2.54. The molecule has 0 bridgehead atoms. The quantitative estimate of drug-likeness (QED) is 0.206. The third-order valence-corrected chi connectivity index (χ3v) is 9.59. The van der Waals surface area contributed by atoms with Crippen LogP contribution in [0, 0.1) is 17.8 Å². The highest BCUT2D eigenvalue weighted by Crippen LogP contribution is 2.28. The Morgan fingerprint density at radius 2 is 1.52 bits per heavy atom. The van der Waals surface area contributed by atoms with Crippen LogP contribution in [0.5, 0.6) is 0 Å². The molecular formula is C35H64N6O7. The van der Waals surface area contributed by atoms with Gasteiger partial charge >= 0.3 is 0 Å². The first-order valence-electron chi connectivity index (χ1n) is 18.1. The second-order valence-corrected chi connectivity index (χ2v) is 14.2. The van der Waals surface area contributed by atoms with Crippen LogP contribution in [0.4, 0.5) is 0 Å². The van der Waals surface area contributed by atoms with E-state index in [0.717, 1.165) is 57.8 Å². The molecule has 0 radical (unpaired) electrons. The number of likely N-dealkylation sites (N-methyl/N-ethyl adjacent to an activating group) is 1. The molecule has 48 heavy (non-hydrogen) atoms. The normalized spacial score (nSPS) is 29.7. The molecule has 0 aromatic heterocycles. The van der Waals surface area contributed by atoms with E-state index >= 15 is 0 Å². The fraction of sp³-hybridized carbons (Fsp3) is 0.857. The van der Waals surface area contributed by atoms with Gasteiger partial charge in [0.1, 0.15) is 24.2 Å². The monoisotopic (exact) mass is 680 g/mol. The van der Waals surface area contributed by atoms with Crippen molar-refractivity contribution in [2.45, 2.75) is 142 Å². The molecule has 1 heterocycles. The Kier molecular flexibility index (Phi) is 18.4. The summed E-state index contributed by atoms with van der Waals surface area (Å²) < 4.78 is 11.6. The summed E-state index contributed by atoms with van der Waals surface area (Å²) in [7, 11) is 3.07. The molecule has 0 unspecified atom stereocenters. The first-order valence-corrected chi connectivity index (χ1v) is 18.1. The van der Waals surface area contributed by atoms with Crippen LogP contribution in [0.15, 0.2) is 0 Å². The summed E-state index contributed by atoms with van der Waals surface area (Å²) >= 11 is 0. The molecule has 13 heteroatoms. The van der Waals surface area contributed by atoms with Gasteiger partial charge in [-0.2, -0.15) is 0 Å². The van der Waals surface area contributed by atoms with Crippen molar-refractivity contribution in [3.8, 4) is 0 Å². The van der Waals surface area contributed by atoms with Crippen LogP contribution in [0.3, 0.4) is 0 Å². The van der Waals surface area contributed by atoms with E-state index in [9.17, 15) is 24.0 Å². The van der Waals surface area contributed by atoms with Crippen molar-refractivity contribution in [3.05, 3.63) is 0 Å². The van der Waals surface area contributed by atoms with Gasteiger partial charge in [0.2, 0.25) is 29.5 Å². The fourth-order valence-corrected chi connectivity index (χ4v) is 6.65. The minimum atomic E-state index is -1.15. The molecular weight excluding hydrogens is 616 g/mol. The smallest absolute Gasteiger partial charge is 0.245 e. The lowest BCUT2D eigenvalue weighted by molar-refractivity contribution is -0.147. The summed E-state index contributed by atoms with van der Waals surface area (Å²) in [6.07, 6.45) is 8.99. The molecule has 1 aliphatic heterocycles. The minimum Gasteiger partial charge on any atom is -0.382 e. The number of amides is 5. The highest BCUT2D eigenvalue weighted by molar-refractivity contribution is 5.96. The molecule has 1 saturated heterocycles. The van der Waals surface area contributed by atoms with Gasteiger partial charge in [-0.15, -0.1) is 0 Å². The van der Waals surface area contributed by atoms with Crippen LogP contribution < -0.4 is 27.0 Å². The summed E-state index contributed by atoms with van der Waals surface area (Å²) in [6, 6.07) is -4.40. The molecule has 6 N–H and O–H groups in total. The van der Waals surface area contributed by atoms with Crippen LogP contribution in [0.25, 0.3) is 0 Å². The summed E-state index contributed by atoms with van der Waals surface area (Å²) in [4.78, 5) is 70.2. The minimum absolute atomic E-state index is 0.0887. The van der Waals surface area contributed by atoms with E-state index in [4.69, 9.17) is 15.2 Å². The highest BCUT2D eigenvalue weighted by Gasteiger charge is 2.39. The van der Waals surface area contributed by atoms with Gasteiger partial charge in [-0.1, -0.05) is 72.6 Å². The van der Waals surface area contributed by atoms with Crippen molar-refractivity contribution < 1.29 is 33.4 Å². The van der Waals surface area contributed by atoms with E-state index in [1.807, 2.05) is 20.8 Å². The SMILES string of the molecule is CCCCCC[C@H]1OC[C@@H](C)NC(=O)[C@H](COC)NC(=O)[C@H](CN)NC(=O)[C@H](C2CCCCC2)NC(=O)[C@H](CC(C)C)N(C)C(=O)[C@@H]1C. The number of hydrogen-bond acceptors (Lipinski definition) is 8. The topological polar surface area (TPSA) is 181 Å². The summed E-state index contributed by atoms with van der Waals surface area (Å²) in [6.45, 7) is 9.55. The predicted octanol–water partition coefficient (Wildman–Crippen LogP) is 2.01. The number of nitrogens with one attached hydrogen (secondary N) is 4. The number of carbonyl (C=O) groups excluding carboxylic acids is 5. The number of carbonyl (C=O) groups is 5. The zero-order valence-corrected chi connectivity index (χ0v) is 30.5. The van der Waals surface area contributed by atoms with Gasteiger partial charge in [0.05, 0.1) is 25.2 Å². The summed E-state index contributed by atoms with van der Waals surface area (Å²) in [5, 5.41) is 11.3. The third kappa shape index (κ3) is 12.9. The predicted molar refractivity (Wildman–Crippen MR) is 185 cm³/mol. The van der Waals surface area contributed by atoms with Gasteiger partial charge in [-0.3, -0.25) is 24.0 Å². The fourth-order valence-electron chi connectivity index (χ4n) is 6.65. The second-order valence-electron chi connectivity index (χ2n) is 14.2. The van der Waals surface area contributed by atoms with Crippen molar-refractivity contribution in [1.82, 2.24) is 26.2 Å². The number of hydrogen-bond donors (Lipinski definition) is 5. The highest BCUT2D eigenvalue weighted by atomic mass is 16.5. The van der Waals surface area contributed by atoms with Gasteiger partial charge < -0.3 is 41.4 Å². The molecule has 0 aromatic rings. The average Bonchev–Trinajstić information content (AvgIpc) is 3.06. The number of ether oxygens (including phenoxy) is 2. The van der Waals surface area contributed by atoms with Crippen LogP contribution in [0.1, 0.15) is 105 Å². The first kappa shape index (κ1) is 41.4. The molecule has 2 fully saturated rings. The van der Waals surface area contributed by atoms with E-state index in [0.29, 0.717) is 12.8 Å². The average molecular weight is 681 g/mol. The van der Waals surface area contributed by atoms with Crippen molar-refractivity contribution >= 4 is 29.5 Å². The number of nitrogens with zero attached hydrogens (tertiary/aromatic N) is 1. The van der Waals surface area contributed by atoms with Gasteiger partial charge in [-0.25, -0.2) is 0 Å². The van der Waals surface area contributed by atoms with Gasteiger partial charge in [0.15, 0.2) is 0 Å². The van der Waals surface area contributed by atoms with E-state index < -0.39 is 65.9 Å². The van der Waals surface area contributed by atoms with E-state index in [1.165, 1.54) is 12.0 Å². The number of methoxy groups -OCH3 is 1. The van der Waals surface area contributed by atoms with E-state index in [-0.39, 0.29) is 37.5 Å². The molecule has 1 aliphatic carbocycles. The molecule has 2 aliphatic rings. The second kappa shape index (κ2) is 21.3. The number of unbranched alkanes of at least 4 members (excludes halogenated alkanes) is 3. The molecule has 276 valence electrons. The van der Waals surface area contributed by atoms with Crippen LogP contribution >= 0.6 is 0 Å². The third-order valence-electron chi connectivity index (χ3n) is 9.59. The first-order chi connectivity index (χ1) is 22.8. The van der Waals surface area contributed by atoms with E-state index in [2.05, 4.69) is 28.2 Å². The lowest BCUT2D eigenvalue weighted by Gasteiger charge is -2.36. The Morgan fingerprint density at radius 1 is 0.875 bits per heavy atom. The zero-order chi connectivity index (χ0) is 35.8.